The van der Waals surface area contributed by atoms with Crippen LogP contribution in [0.2, 0.25) is 0 Å². The highest BCUT2D eigenvalue weighted by Gasteiger charge is 2.31. The highest BCUT2D eigenvalue weighted by atomic mass is 32.2. The number of hydrogen-bond acceptors (Lipinski definition) is 5. The molecule has 0 unspecified atom stereocenters. The first-order chi connectivity index (χ1) is 19.5. The Bertz CT molecular complexity index is 1400. The van der Waals surface area contributed by atoms with E-state index in [-0.39, 0.29) is 50.2 Å². The molecule has 0 fully saturated rings. The van der Waals surface area contributed by atoms with Crippen LogP contribution in [0.15, 0.2) is 78.9 Å². The fraction of sp³-hybridized carbons (Fsp3) is 0.355. The second-order valence-electron chi connectivity index (χ2n) is 10.1. The second kappa shape index (κ2) is 14.6. The third kappa shape index (κ3) is 9.31. The Morgan fingerprint density at radius 2 is 1.56 bits per heavy atom. The van der Waals surface area contributed by atoms with Crippen LogP contribution in [-0.2, 0) is 32.6 Å². The van der Waals surface area contributed by atoms with Crippen molar-refractivity contribution in [2.75, 3.05) is 24.2 Å². The zero-order chi connectivity index (χ0) is 30.0. The summed E-state index contributed by atoms with van der Waals surface area (Å²) in [6, 6.07) is 21.0. The molecule has 0 aromatic heterocycles. The van der Waals surface area contributed by atoms with Crippen molar-refractivity contribution in [1.82, 2.24) is 10.2 Å². The predicted molar refractivity (Wildman–Crippen MR) is 159 cm³/mol. The molecule has 8 nitrogen and oxygen atoms in total. The van der Waals surface area contributed by atoms with Crippen molar-refractivity contribution in [2.24, 2.45) is 0 Å². The molecule has 220 valence electrons. The number of rotatable bonds is 14. The van der Waals surface area contributed by atoms with Crippen LogP contribution < -0.4 is 14.4 Å². The number of benzene rings is 3. The molecule has 3 rings (SSSR count). The van der Waals surface area contributed by atoms with Crippen molar-refractivity contribution in [3.8, 4) is 5.75 Å². The number of nitrogens with zero attached hydrogens (tertiary/aromatic N) is 2. The Morgan fingerprint density at radius 1 is 0.927 bits per heavy atom. The minimum absolute atomic E-state index is 0.0113. The Morgan fingerprint density at radius 3 is 2.17 bits per heavy atom. The molecular formula is C31H38FN3O5S. The van der Waals surface area contributed by atoms with Gasteiger partial charge in [-0.05, 0) is 55.7 Å². The van der Waals surface area contributed by atoms with Crippen LogP contribution in [-0.4, -0.2) is 57.1 Å². The number of para-hydroxylation sites is 2. The summed E-state index contributed by atoms with van der Waals surface area (Å²) in [6.45, 7) is 3.82. The number of methoxy groups -OCH3 is 1. The molecule has 3 aromatic rings. The summed E-state index contributed by atoms with van der Waals surface area (Å²) >= 11 is 0. The second-order valence-corrected chi connectivity index (χ2v) is 12.0. The third-order valence-electron chi connectivity index (χ3n) is 6.47. The number of carbonyl (C=O) groups excluding carboxylic acids is 2. The van der Waals surface area contributed by atoms with Crippen LogP contribution in [0.1, 0.15) is 37.8 Å². The van der Waals surface area contributed by atoms with Gasteiger partial charge in [-0.25, -0.2) is 12.8 Å². The van der Waals surface area contributed by atoms with Crippen molar-refractivity contribution >= 4 is 27.5 Å². The van der Waals surface area contributed by atoms with Gasteiger partial charge in [0.25, 0.3) is 0 Å². The van der Waals surface area contributed by atoms with Gasteiger partial charge in [0.05, 0.1) is 19.1 Å². The van der Waals surface area contributed by atoms with E-state index in [0.717, 1.165) is 11.8 Å². The number of nitrogens with one attached hydrogen (secondary N) is 1. The summed E-state index contributed by atoms with van der Waals surface area (Å²) < 4.78 is 45.5. The van der Waals surface area contributed by atoms with Gasteiger partial charge in [0.1, 0.15) is 17.6 Å². The van der Waals surface area contributed by atoms with Crippen molar-refractivity contribution in [2.45, 2.75) is 51.7 Å². The van der Waals surface area contributed by atoms with Crippen molar-refractivity contribution < 1.29 is 27.1 Å². The van der Waals surface area contributed by atoms with Crippen molar-refractivity contribution in [3.05, 3.63) is 95.8 Å². The van der Waals surface area contributed by atoms with Crippen molar-refractivity contribution in [1.29, 1.82) is 0 Å². The van der Waals surface area contributed by atoms with Gasteiger partial charge in [-0.2, -0.15) is 0 Å². The van der Waals surface area contributed by atoms with Gasteiger partial charge in [-0.15, -0.1) is 0 Å². The van der Waals surface area contributed by atoms with Gasteiger partial charge in [-0.1, -0.05) is 54.6 Å². The molecular weight excluding hydrogens is 545 g/mol. The molecule has 1 atom stereocenters. The summed E-state index contributed by atoms with van der Waals surface area (Å²) in [4.78, 5) is 28.8. The maximum atomic E-state index is 13.8. The highest BCUT2D eigenvalue weighted by Crippen LogP contribution is 2.30. The van der Waals surface area contributed by atoms with Crippen LogP contribution >= 0.6 is 0 Å². The number of amides is 2. The molecule has 0 radical (unpaired) electrons. The molecule has 0 aliphatic heterocycles. The SMILES string of the molecule is COc1ccccc1N(CCCC(=O)N(Cc1ccc(F)cc1)[C@@H](Cc1ccccc1)C(=O)NC(C)C)S(C)(=O)=O. The highest BCUT2D eigenvalue weighted by molar-refractivity contribution is 7.92. The maximum Gasteiger partial charge on any atom is 0.243 e. The molecule has 2 amide bonds. The molecule has 1 N–H and O–H groups in total. The van der Waals surface area contributed by atoms with E-state index < -0.39 is 21.9 Å². The van der Waals surface area contributed by atoms with E-state index in [1.54, 1.807) is 36.4 Å². The summed E-state index contributed by atoms with van der Waals surface area (Å²) in [5, 5.41) is 2.93. The normalized spacial score (nSPS) is 12.0. The number of hydrogen-bond donors (Lipinski definition) is 1. The van der Waals surface area contributed by atoms with E-state index in [1.165, 1.54) is 28.4 Å². The standard InChI is InChI=1S/C31H38FN3O5S/c1-23(2)33-31(37)28(21-24-11-6-5-7-12-24)34(22-25-16-18-26(32)19-17-25)30(36)15-10-20-35(41(4,38)39)27-13-8-9-14-29(27)40-3/h5-9,11-14,16-19,23,28H,10,15,20-22H2,1-4H3,(H,33,37)/t28-/m0/s1. The van der Waals surface area contributed by atoms with Gasteiger partial charge >= 0.3 is 0 Å². The van der Waals surface area contributed by atoms with Crippen LogP contribution in [0, 0.1) is 5.82 Å². The van der Waals surface area contributed by atoms with E-state index in [4.69, 9.17) is 4.74 Å². The average Bonchev–Trinajstić information content (AvgIpc) is 2.93. The molecule has 3 aromatic carbocycles. The monoisotopic (exact) mass is 583 g/mol. The first-order valence-electron chi connectivity index (χ1n) is 13.5. The minimum Gasteiger partial charge on any atom is -0.495 e. The zero-order valence-corrected chi connectivity index (χ0v) is 24.7. The van der Waals surface area contributed by atoms with Gasteiger partial charge < -0.3 is 15.0 Å². The topological polar surface area (TPSA) is 96.0 Å². The Balaban J connectivity index is 1.89. The summed E-state index contributed by atoms with van der Waals surface area (Å²) in [6.07, 6.45) is 1.58. The summed E-state index contributed by atoms with van der Waals surface area (Å²) in [5.41, 5.74) is 1.93. The van der Waals surface area contributed by atoms with E-state index in [9.17, 15) is 22.4 Å². The van der Waals surface area contributed by atoms with Gasteiger partial charge in [0.2, 0.25) is 21.8 Å². The van der Waals surface area contributed by atoms with Crippen LogP contribution in [0.3, 0.4) is 0 Å². The molecule has 10 heteroatoms. The minimum atomic E-state index is -3.68. The lowest BCUT2D eigenvalue weighted by Gasteiger charge is -2.32. The van der Waals surface area contributed by atoms with Crippen LogP contribution in [0.4, 0.5) is 10.1 Å². The van der Waals surface area contributed by atoms with E-state index >= 15 is 0 Å². The largest absolute Gasteiger partial charge is 0.495 e. The summed E-state index contributed by atoms with van der Waals surface area (Å²) in [7, 11) is -2.21. The summed E-state index contributed by atoms with van der Waals surface area (Å²) in [5.74, 6) is -0.619. The first-order valence-corrected chi connectivity index (χ1v) is 15.3. The van der Waals surface area contributed by atoms with Crippen molar-refractivity contribution in [3.63, 3.8) is 0 Å². The lowest BCUT2D eigenvalue weighted by Crippen LogP contribution is -2.51. The quantitative estimate of drug-likeness (QED) is 0.301. The first kappa shape index (κ1) is 31.6. The van der Waals surface area contributed by atoms with E-state index in [2.05, 4.69) is 5.32 Å². The Hall–Kier alpha value is -3.92. The van der Waals surface area contributed by atoms with Crippen LogP contribution in [0.5, 0.6) is 5.75 Å². The van der Waals surface area contributed by atoms with Crippen LogP contribution in [0.25, 0.3) is 0 Å². The third-order valence-corrected chi connectivity index (χ3v) is 7.65. The lowest BCUT2D eigenvalue weighted by molar-refractivity contribution is -0.141. The smallest absolute Gasteiger partial charge is 0.243 e. The number of carbonyl (C=O) groups is 2. The Labute approximate surface area is 242 Å². The fourth-order valence-electron chi connectivity index (χ4n) is 4.54. The van der Waals surface area contributed by atoms with Gasteiger partial charge in [-0.3, -0.25) is 13.9 Å². The molecule has 0 aliphatic rings. The molecule has 0 saturated carbocycles. The zero-order valence-electron chi connectivity index (χ0n) is 23.9. The van der Waals surface area contributed by atoms with E-state index in [0.29, 0.717) is 17.0 Å². The van der Waals surface area contributed by atoms with Gasteiger partial charge in [0.15, 0.2) is 0 Å². The lowest BCUT2D eigenvalue weighted by atomic mass is 10.0. The predicted octanol–water partition coefficient (Wildman–Crippen LogP) is 4.55. The number of sulfonamides is 1. The molecule has 0 saturated heterocycles. The number of halogens is 1. The fourth-order valence-corrected chi connectivity index (χ4v) is 5.51. The maximum absolute atomic E-state index is 13.8. The van der Waals surface area contributed by atoms with Gasteiger partial charge in [0, 0.05) is 32.0 Å². The molecule has 0 spiro atoms. The number of ether oxygens (including phenoxy) is 1. The molecule has 0 heterocycles. The molecule has 0 aliphatic carbocycles. The Kier molecular flexibility index (Phi) is 11.3. The average molecular weight is 584 g/mol. The number of anilines is 1. The van der Waals surface area contributed by atoms with E-state index in [1.807, 2.05) is 44.2 Å². The molecule has 0 bridgehead atoms. The molecule has 41 heavy (non-hydrogen) atoms.